The van der Waals surface area contributed by atoms with Crippen molar-refractivity contribution < 1.29 is 17.9 Å². The fourth-order valence-electron chi connectivity index (χ4n) is 4.26. The van der Waals surface area contributed by atoms with Crippen molar-refractivity contribution in [1.82, 2.24) is 14.8 Å². The molecule has 1 aliphatic heterocycles. The Hall–Kier alpha value is -4.12. The van der Waals surface area contributed by atoms with Gasteiger partial charge in [-0.1, -0.05) is 54.2 Å². The number of benzene rings is 3. The number of thioether (sulfide) groups is 1. The van der Waals surface area contributed by atoms with Crippen LogP contribution in [-0.4, -0.2) is 44.8 Å². The zero-order valence-electron chi connectivity index (χ0n) is 21.3. The van der Waals surface area contributed by atoms with Crippen LogP contribution in [0.5, 0.6) is 5.75 Å². The third-order valence-corrected chi connectivity index (χ3v) is 7.10. The van der Waals surface area contributed by atoms with Crippen molar-refractivity contribution in [3.63, 3.8) is 0 Å². The summed E-state index contributed by atoms with van der Waals surface area (Å²) >= 11 is 1.71. The first-order chi connectivity index (χ1) is 18.8. The maximum atomic E-state index is 12.4. The Labute approximate surface area is 228 Å². The van der Waals surface area contributed by atoms with Gasteiger partial charge in [0, 0.05) is 23.5 Å². The molecule has 5 rings (SSSR count). The molecule has 1 aliphatic rings. The first-order valence-corrected chi connectivity index (χ1v) is 13.2. The van der Waals surface area contributed by atoms with E-state index >= 15 is 0 Å². The van der Waals surface area contributed by atoms with Gasteiger partial charge in [0.25, 0.3) is 0 Å². The summed E-state index contributed by atoms with van der Waals surface area (Å²) in [6.45, 7) is 5.14. The van der Waals surface area contributed by atoms with Crippen LogP contribution < -0.4 is 9.64 Å². The Morgan fingerprint density at radius 3 is 2.38 bits per heavy atom. The summed E-state index contributed by atoms with van der Waals surface area (Å²) in [5.74, 6) is 1.20. The molecule has 0 radical (unpaired) electrons. The zero-order valence-corrected chi connectivity index (χ0v) is 22.1. The van der Waals surface area contributed by atoms with Crippen molar-refractivity contribution in [3.05, 3.63) is 89.7 Å². The van der Waals surface area contributed by atoms with E-state index in [4.69, 9.17) is 0 Å². The van der Waals surface area contributed by atoms with E-state index < -0.39 is 6.36 Å². The van der Waals surface area contributed by atoms with Crippen LogP contribution in [0, 0.1) is 13.8 Å². The van der Waals surface area contributed by atoms with Crippen molar-refractivity contribution in [2.75, 3.05) is 17.2 Å². The number of aromatic nitrogens is 3. The van der Waals surface area contributed by atoms with Crippen molar-refractivity contribution in [1.29, 1.82) is 0 Å². The molecule has 0 spiro atoms. The highest BCUT2D eigenvalue weighted by molar-refractivity contribution is 8.14. The van der Waals surface area contributed by atoms with Gasteiger partial charge in [-0.25, -0.2) is 9.67 Å². The predicted octanol–water partition coefficient (Wildman–Crippen LogP) is 6.78. The van der Waals surface area contributed by atoms with E-state index in [2.05, 4.69) is 62.0 Å². The normalized spacial score (nSPS) is 15.3. The molecule has 2 heterocycles. The average Bonchev–Trinajstić information content (AvgIpc) is 3.40. The second-order valence-corrected chi connectivity index (χ2v) is 9.96. The van der Waals surface area contributed by atoms with Crippen LogP contribution >= 0.6 is 11.8 Å². The van der Waals surface area contributed by atoms with Crippen LogP contribution in [0.1, 0.15) is 23.1 Å². The third kappa shape index (κ3) is 6.48. The summed E-state index contributed by atoms with van der Waals surface area (Å²) in [4.78, 5) is 6.57. The van der Waals surface area contributed by atoms with Gasteiger partial charge < -0.3 is 9.64 Å². The van der Waals surface area contributed by atoms with E-state index in [-0.39, 0.29) is 5.75 Å². The number of rotatable bonds is 6. The highest BCUT2D eigenvalue weighted by Crippen LogP contribution is 2.31. The number of halogens is 3. The summed E-state index contributed by atoms with van der Waals surface area (Å²) in [6, 6.07) is 19.3. The molecular formula is C28H25F3N6OS. The summed E-state index contributed by atoms with van der Waals surface area (Å²) in [6.07, 6.45) is -0.429. The molecule has 0 bridgehead atoms. The second-order valence-electron chi connectivity index (χ2n) is 8.90. The Morgan fingerprint density at radius 1 is 0.974 bits per heavy atom. The lowest BCUT2D eigenvalue weighted by Gasteiger charge is -2.31. The first-order valence-electron chi connectivity index (χ1n) is 12.2. The van der Waals surface area contributed by atoms with E-state index in [1.807, 2.05) is 24.3 Å². The highest BCUT2D eigenvalue weighted by Gasteiger charge is 2.31. The Morgan fingerprint density at radius 2 is 1.69 bits per heavy atom. The smallest absolute Gasteiger partial charge is 0.406 e. The molecule has 7 nitrogen and oxygen atoms in total. The Kier molecular flexibility index (Phi) is 7.69. The Balaban J connectivity index is 1.27. The van der Waals surface area contributed by atoms with Gasteiger partial charge in [-0.05, 0) is 61.2 Å². The van der Waals surface area contributed by atoms with Gasteiger partial charge in [-0.3, -0.25) is 0 Å². The van der Waals surface area contributed by atoms with Gasteiger partial charge >= 0.3 is 6.36 Å². The van der Waals surface area contributed by atoms with Crippen molar-refractivity contribution in [2.45, 2.75) is 26.6 Å². The minimum Gasteiger partial charge on any atom is -0.406 e. The molecular weight excluding hydrogens is 525 g/mol. The van der Waals surface area contributed by atoms with Gasteiger partial charge in [0.2, 0.25) is 0 Å². The van der Waals surface area contributed by atoms with Crippen LogP contribution in [0.25, 0.3) is 17.1 Å². The van der Waals surface area contributed by atoms with Crippen molar-refractivity contribution in [3.8, 4) is 22.8 Å². The number of para-hydroxylation sites is 1. The quantitative estimate of drug-likeness (QED) is 0.196. The minimum absolute atomic E-state index is 0.297. The molecule has 0 saturated carbocycles. The molecule has 3 aromatic carbocycles. The van der Waals surface area contributed by atoms with E-state index in [9.17, 15) is 13.2 Å². The maximum Gasteiger partial charge on any atom is 0.573 e. The molecule has 0 aliphatic carbocycles. The number of anilines is 1. The maximum absolute atomic E-state index is 12.4. The number of aryl methyl sites for hydroxylation is 2. The molecule has 1 fully saturated rings. The molecule has 39 heavy (non-hydrogen) atoms. The number of hydrogen-bond donors (Lipinski definition) is 0. The lowest BCUT2D eigenvalue weighted by molar-refractivity contribution is -0.274. The molecule has 0 amide bonds. The van der Waals surface area contributed by atoms with Gasteiger partial charge in [-0.15, -0.1) is 23.4 Å². The summed E-state index contributed by atoms with van der Waals surface area (Å²) in [7, 11) is 0. The number of ether oxygens (including phenoxy) is 1. The van der Waals surface area contributed by atoms with Crippen molar-refractivity contribution in [2.24, 2.45) is 10.2 Å². The highest BCUT2D eigenvalue weighted by atomic mass is 32.2. The topological polar surface area (TPSA) is 67.9 Å². The number of hydrogen-bond acceptors (Lipinski definition) is 6. The van der Waals surface area contributed by atoms with E-state index in [0.29, 0.717) is 11.5 Å². The Bertz CT molecular complexity index is 1480. The zero-order chi connectivity index (χ0) is 27.4. The monoisotopic (exact) mass is 550 g/mol. The lowest BCUT2D eigenvalue weighted by atomic mass is 10.1. The fourth-order valence-corrected chi connectivity index (χ4v) is 5.16. The molecule has 200 valence electrons. The first kappa shape index (κ1) is 26.5. The van der Waals surface area contributed by atoms with Crippen LogP contribution in [0.15, 0.2) is 83.3 Å². The van der Waals surface area contributed by atoms with Crippen LogP contribution in [0.2, 0.25) is 0 Å². The van der Waals surface area contributed by atoms with Gasteiger partial charge in [0.05, 0.1) is 11.9 Å². The standard InChI is InChI=1S/C28H25F3N6OS/c1-19-5-3-6-20(2)25(19)36-15-4-16-39-27(36)34-33-17-21-7-9-22(10-8-21)26-32-18-37(35-26)23-11-13-24(14-12-23)38-28(29,30)31/h3,5-14,17-18H,4,15-16H2,1-2H3. The summed E-state index contributed by atoms with van der Waals surface area (Å²) in [5, 5.41) is 14.2. The molecule has 0 unspecified atom stereocenters. The SMILES string of the molecule is Cc1cccc(C)c1N1CCCSC1=NN=Cc1ccc(-c2ncn(-c3ccc(OC(F)(F)F)cc3)n2)cc1. The van der Waals surface area contributed by atoms with E-state index in [1.165, 1.54) is 52.1 Å². The summed E-state index contributed by atoms with van der Waals surface area (Å²) < 4.78 is 42.5. The molecule has 1 aromatic heterocycles. The van der Waals surface area contributed by atoms with Gasteiger partial charge in [0.1, 0.15) is 12.1 Å². The van der Waals surface area contributed by atoms with Crippen molar-refractivity contribution >= 4 is 28.8 Å². The molecule has 11 heteroatoms. The molecule has 0 atom stereocenters. The van der Waals surface area contributed by atoms with E-state index in [1.54, 1.807) is 18.0 Å². The molecule has 4 aromatic rings. The largest absolute Gasteiger partial charge is 0.573 e. The average molecular weight is 551 g/mol. The number of alkyl halides is 3. The van der Waals surface area contributed by atoms with Crippen LogP contribution in [0.3, 0.4) is 0 Å². The van der Waals surface area contributed by atoms with Crippen LogP contribution in [-0.2, 0) is 0 Å². The summed E-state index contributed by atoms with van der Waals surface area (Å²) in [5.41, 5.74) is 5.85. The number of amidine groups is 1. The minimum atomic E-state index is -4.73. The molecule has 0 N–H and O–H groups in total. The van der Waals surface area contributed by atoms with Gasteiger partial charge in [-0.2, -0.15) is 5.10 Å². The van der Waals surface area contributed by atoms with Crippen LogP contribution in [0.4, 0.5) is 18.9 Å². The third-order valence-electron chi connectivity index (χ3n) is 6.04. The van der Waals surface area contributed by atoms with Gasteiger partial charge in [0.15, 0.2) is 11.0 Å². The lowest BCUT2D eigenvalue weighted by Crippen LogP contribution is -2.35. The fraction of sp³-hybridized carbons (Fsp3) is 0.214. The van der Waals surface area contributed by atoms with E-state index in [0.717, 1.165) is 35.0 Å². The molecule has 1 saturated heterocycles. The predicted molar refractivity (Wildman–Crippen MR) is 149 cm³/mol. The number of nitrogens with zero attached hydrogens (tertiary/aromatic N) is 6. The second kappa shape index (κ2) is 11.3.